The van der Waals surface area contributed by atoms with Crippen LogP contribution in [0.3, 0.4) is 0 Å². The first-order chi connectivity index (χ1) is 18.1. The Kier molecular flexibility index (Phi) is 4.54. The zero-order valence-corrected chi connectivity index (χ0v) is 21.4. The molecule has 3 aromatic heterocycles. The van der Waals surface area contributed by atoms with Gasteiger partial charge >= 0.3 is 0 Å². The van der Waals surface area contributed by atoms with Crippen LogP contribution in [-0.2, 0) is 5.41 Å². The average Bonchev–Trinajstić information content (AvgIpc) is 3.61. The van der Waals surface area contributed by atoms with Gasteiger partial charge in [0.05, 0.1) is 12.4 Å². The lowest BCUT2D eigenvalue weighted by Crippen LogP contribution is -2.21. The van der Waals surface area contributed by atoms with E-state index < -0.39 is 6.98 Å². The average molecular weight is 501 g/mol. The maximum atomic E-state index is 7.64. The summed E-state index contributed by atoms with van der Waals surface area (Å²) in [5, 5.41) is 5.26. The molecule has 0 amide bonds. The van der Waals surface area contributed by atoms with Gasteiger partial charge in [0, 0.05) is 67.9 Å². The van der Waals surface area contributed by atoms with Crippen molar-refractivity contribution in [3.63, 3.8) is 0 Å². The molecule has 0 atom stereocenters. The highest BCUT2D eigenvalue weighted by Crippen LogP contribution is 2.45. The summed E-state index contributed by atoms with van der Waals surface area (Å²) in [6.07, 6.45) is 5.29. The number of benzene rings is 2. The number of anilines is 1. The van der Waals surface area contributed by atoms with E-state index in [9.17, 15) is 0 Å². The molecule has 0 saturated heterocycles. The van der Waals surface area contributed by atoms with Crippen LogP contribution < -0.4 is 9.64 Å². The Labute approximate surface area is 217 Å². The fraction of sp³-hybridized carbons (Fsp3) is 0.207. The highest BCUT2D eigenvalue weighted by molar-refractivity contribution is 7.21. The van der Waals surface area contributed by atoms with Gasteiger partial charge in [-0.2, -0.15) is 0 Å². The SMILES string of the molecule is [2H]C([2H])([2H])N1C=CN(c2cccc(Oc3cc4c(-c5cc(C(C)(C)C)ccn5)c5sccc5cc4s3)c2)C1. The molecule has 1 aliphatic heterocycles. The number of nitrogens with zero attached hydrogens (tertiary/aromatic N) is 3. The summed E-state index contributed by atoms with van der Waals surface area (Å²) in [6, 6.07) is 18.5. The van der Waals surface area contributed by atoms with Gasteiger partial charge in [0.2, 0.25) is 0 Å². The Hall–Kier alpha value is -3.35. The number of fused-ring (bicyclic) bond motifs is 2. The molecule has 6 heteroatoms. The van der Waals surface area contributed by atoms with Gasteiger partial charge in [0.25, 0.3) is 0 Å². The lowest BCUT2D eigenvalue weighted by atomic mass is 9.86. The summed E-state index contributed by atoms with van der Waals surface area (Å²) in [5.74, 6) is 0.700. The van der Waals surface area contributed by atoms with Crippen LogP contribution in [0.15, 0.2) is 78.6 Å². The molecular formula is C29H27N3OS2. The molecular weight excluding hydrogens is 470 g/mol. The summed E-state index contributed by atoms with van der Waals surface area (Å²) in [5.41, 5.74) is 4.27. The van der Waals surface area contributed by atoms with E-state index in [2.05, 4.69) is 56.5 Å². The number of pyridine rings is 1. The molecule has 1 aliphatic rings. The molecule has 176 valence electrons. The van der Waals surface area contributed by atoms with Crippen molar-refractivity contribution in [3.05, 3.63) is 84.1 Å². The first-order valence-electron chi connectivity index (χ1n) is 13.0. The Balaban J connectivity index is 1.36. The van der Waals surface area contributed by atoms with E-state index in [0.29, 0.717) is 5.75 Å². The standard InChI is InChI=1S/C29H27N3OS2/c1-29(2,3)20-8-10-30-24(15-20)27-23-17-26(35-25(23)14-19-9-13-34-28(19)27)33-22-7-5-6-21(16-22)32-12-11-31(4)18-32/h5-17H,18H2,1-4H3/i4D3. The second kappa shape index (κ2) is 8.40. The third kappa shape index (κ3) is 4.17. The van der Waals surface area contributed by atoms with Gasteiger partial charge in [-0.25, -0.2) is 0 Å². The Morgan fingerprint density at radius 1 is 1.06 bits per heavy atom. The minimum atomic E-state index is -2.16. The molecule has 0 fully saturated rings. The van der Waals surface area contributed by atoms with Crippen LogP contribution in [-0.4, -0.2) is 23.5 Å². The lowest BCUT2D eigenvalue weighted by Gasteiger charge is -2.19. The second-order valence-corrected chi connectivity index (χ2v) is 11.7. The number of hydrogen-bond donors (Lipinski definition) is 0. The largest absolute Gasteiger partial charge is 0.447 e. The van der Waals surface area contributed by atoms with Crippen LogP contribution >= 0.6 is 22.7 Å². The van der Waals surface area contributed by atoms with E-state index in [-0.39, 0.29) is 12.1 Å². The number of aromatic nitrogens is 1. The Morgan fingerprint density at radius 2 is 1.97 bits per heavy atom. The maximum absolute atomic E-state index is 7.64. The summed E-state index contributed by atoms with van der Waals surface area (Å²) in [6.45, 7) is 4.76. The number of ether oxygens (including phenoxy) is 1. The summed E-state index contributed by atoms with van der Waals surface area (Å²) < 4.78 is 31.7. The molecule has 6 rings (SSSR count). The topological polar surface area (TPSA) is 28.6 Å². The van der Waals surface area contributed by atoms with Gasteiger partial charge in [-0.15, -0.1) is 11.3 Å². The zero-order chi connectivity index (χ0) is 26.7. The molecule has 5 aromatic rings. The van der Waals surface area contributed by atoms with Gasteiger partial charge in [0.15, 0.2) is 5.06 Å². The van der Waals surface area contributed by atoms with Gasteiger partial charge < -0.3 is 14.5 Å². The molecule has 2 aromatic carbocycles. The van der Waals surface area contributed by atoms with Crippen LogP contribution in [0.4, 0.5) is 5.69 Å². The van der Waals surface area contributed by atoms with E-state index in [1.807, 2.05) is 35.4 Å². The maximum Gasteiger partial charge on any atom is 0.182 e. The summed E-state index contributed by atoms with van der Waals surface area (Å²) >= 11 is 3.35. The molecule has 35 heavy (non-hydrogen) atoms. The van der Waals surface area contributed by atoms with Crippen molar-refractivity contribution < 1.29 is 8.85 Å². The van der Waals surface area contributed by atoms with Crippen molar-refractivity contribution in [2.24, 2.45) is 0 Å². The van der Waals surface area contributed by atoms with Crippen molar-refractivity contribution >= 4 is 48.5 Å². The Morgan fingerprint density at radius 3 is 2.80 bits per heavy atom. The quantitative estimate of drug-likeness (QED) is 0.247. The van der Waals surface area contributed by atoms with Crippen LogP contribution in [0.1, 0.15) is 30.4 Å². The van der Waals surface area contributed by atoms with Crippen LogP contribution in [0.25, 0.3) is 31.4 Å². The van der Waals surface area contributed by atoms with E-state index in [0.717, 1.165) is 32.1 Å². The third-order valence-electron chi connectivity index (χ3n) is 6.20. The number of thiophene rings is 2. The van der Waals surface area contributed by atoms with Gasteiger partial charge in [0.1, 0.15) is 5.75 Å². The summed E-state index contributed by atoms with van der Waals surface area (Å²) in [7, 11) is 0. The molecule has 0 unspecified atom stereocenters. The normalized spacial score (nSPS) is 15.6. The molecule has 0 spiro atoms. The number of rotatable bonds is 4. The Bertz CT molecular complexity index is 1680. The van der Waals surface area contributed by atoms with E-state index in [4.69, 9.17) is 13.8 Å². The van der Waals surface area contributed by atoms with Crippen molar-refractivity contribution in [1.82, 2.24) is 9.88 Å². The molecule has 0 N–H and O–H groups in total. The monoisotopic (exact) mass is 500 g/mol. The second-order valence-electron chi connectivity index (χ2n) is 9.73. The van der Waals surface area contributed by atoms with Crippen molar-refractivity contribution in [3.8, 4) is 22.1 Å². The minimum absolute atomic E-state index is 0.0269. The number of hydrogen-bond acceptors (Lipinski definition) is 6. The van der Waals surface area contributed by atoms with Crippen molar-refractivity contribution in [1.29, 1.82) is 0 Å². The molecule has 4 nitrogen and oxygen atoms in total. The lowest BCUT2D eigenvalue weighted by molar-refractivity contribution is 0.490. The summed E-state index contributed by atoms with van der Waals surface area (Å²) in [4.78, 5) is 8.02. The van der Waals surface area contributed by atoms with E-state index in [1.54, 1.807) is 35.1 Å². The molecule has 4 heterocycles. The van der Waals surface area contributed by atoms with Gasteiger partial charge in [-0.1, -0.05) is 38.2 Å². The zero-order valence-electron chi connectivity index (χ0n) is 22.8. The minimum Gasteiger partial charge on any atom is -0.447 e. The fourth-order valence-corrected chi connectivity index (χ4v) is 6.29. The third-order valence-corrected chi connectivity index (χ3v) is 8.11. The fourth-order valence-electron chi connectivity index (χ4n) is 4.35. The molecule has 0 bridgehead atoms. The van der Waals surface area contributed by atoms with Crippen LogP contribution in [0.5, 0.6) is 10.8 Å². The predicted octanol–water partition coefficient (Wildman–Crippen LogP) is 8.45. The van der Waals surface area contributed by atoms with Crippen molar-refractivity contribution in [2.45, 2.75) is 26.2 Å². The molecule has 0 radical (unpaired) electrons. The van der Waals surface area contributed by atoms with Gasteiger partial charge in [-0.05, 0) is 58.1 Å². The van der Waals surface area contributed by atoms with Crippen LogP contribution in [0, 0.1) is 0 Å². The van der Waals surface area contributed by atoms with E-state index >= 15 is 0 Å². The van der Waals surface area contributed by atoms with Gasteiger partial charge in [-0.3, -0.25) is 4.98 Å². The van der Waals surface area contributed by atoms with Crippen LogP contribution in [0.2, 0.25) is 0 Å². The first kappa shape index (κ1) is 18.9. The highest BCUT2D eigenvalue weighted by atomic mass is 32.1. The predicted molar refractivity (Wildman–Crippen MR) is 150 cm³/mol. The molecule has 0 aliphatic carbocycles. The smallest absolute Gasteiger partial charge is 0.182 e. The first-order valence-corrected chi connectivity index (χ1v) is 13.2. The molecule has 0 saturated carbocycles. The highest BCUT2D eigenvalue weighted by Gasteiger charge is 2.19. The van der Waals surface area contributed by atoms with E-state index in [1.165, 1.54) is 20.5 Å². The van der Waals surface area contributed by atoms with Crippen molar-refractivity contribution in [2.75, 3.05) is 18.5 Å².